The van der Waals surface area contributed by atoms with E-state index >= 15 is 0 Å². The minimum atomic E-state index is 0.880. The van der Waals surface area contributed by atoms with Crippen LogP contribution in [-0.4, -0.2) is 0 Å². The third-order valence-electron chi connectivity index (χ3n) is 10.9. The van der Waals surface area contributed by atoms with Gasteiger partial charge in [0.25, 0.3) is 0 Å². The van der Waals surface area contributed by atoms with Crippen LogP contribution in [0.3, 0.4) is 0 Å². The van der Waals surface area contributed by atoms with Gasteiger partial charge in [0.1, 0.15) is 22.3 Å². The Labute approximate surface area is 317 Å². The summed E-state index contributed by atoms with van der Waals surface area (Å²) in [4.78, 5) is 2.37. The van der Waals surface area contributed by atoms with E-state index in [0.29, 0.717) is 0 Å². The molecule has 2 heterocycles. The zero-order valence-electron chi connectivity index (χ0n) is 29.8. The van der Waals surface area contributed by atoms with Crippen molar-refractivity contribution >= 4 is 71.7 Å². The van der Waals surface area contributed by atoms with Gasteiger partial charge in [-0.05, 0) is 111 Å². The fourth-order valence-electron chi connectivity index (χ4n) is 8.14. The van der Waals surface area contributed by atoms with Gasteiger partial charge < -0.3 is 13.7 Å². The highest BCUT2D eigenvalue weighted by Gasteiger charge is 2.19. The Morgan fingerprint density at radius 1 is 0.291 bits per heavy atom. The van der Waals surface area contributed by atoms with Crippen LogP contribution in [0.4, 0.5) is 17.1 Å². The zero-order chi connectivity index (χ0) is 36.3. The standard InChI is InChI=1S/C52H33NO2/c1-2-11-36-30-38(21-20-34(36)10-1)37-12-9-13-42(31-37)53(41-26-22-35(23-27-41)39-25-29-51-47(32-39)45-16-5-8-19-50(45)54-51)48-17-6-3-14-43(48)40-24-28-46-44-15-4-7-18-49(44)55-52(46)33-40/h1-33H. The number of furan rings is 2. The van der Waals surface area contributed by atoms with Crippen LogP contribution in [0.5, 0.6) is 0 Å². The van der Waals surface area contributed by atoms with Gasteiger partial charge in [0.2, 0.25) is 0 Å². The summed E-state index contributed by atoms with van der Waals surface area (Å²) in [6, 6.07) is 71.2. The van der Waals surface area contributed by atoms with Crippen molar-refractivity contribution in [2.24, 2.45) is 0 Å². The number of fused-ring (bicyclic) bond motifs is 7. The molecule has 0 saturated carbocycles. The lowest BCUT2D eigenvalue weighted by molar-refractivity contribution is 0.668. The summed E-state index contributed by atoms with van der Waals surface area (Å²) < 4.78 is 12.5. The minimum Gasteiger partial charge on any atom is -0.456 e. The molecule has 0 unspecified atom stereocenters. The molecule has 11 aromatic rings. The number of benzene rings is 9. The number of rotatable bonds is 6. The molecule has 0 N–H and O–H groups in total. The molecule has 3 nitrogen and oxygen atoms in total. The Balaban J connectivity index is 1.05. The lowest BCUT2D eigenvalue weighted by atomic mass is 9.98. The number of anilines is 3. The SMILES string of the molecule is c1cc(-c2ccc3ccccc3c2)cc(N(c2ccc(-c3ccc4oc5ccccc5c4c3)cc2)c2ccccc2-c2ccc3c(c2)oc2ccccc23)c1. The Kier molecular flexibility index (Phi) is 7.17. The number of nitrogens with zero attached hydrogens (tertiary/aromatic N) is 1. The smallest absolute Gasteiger partial charge is 0.136 e. The van der Waals surface area contributed by atoms with Crippen LogP contribution < -0.4 is 4.90 Å². The third kappa shape index (κ3) is 5.36. The average Bonchev–Trinajstić information content (AvgIpc) is 3.82. The molecule has 0 aliphatic rings. The number of para-hydroxylation sites is 3. The van der Waals surface area contributed by atoms with Gasteiger partial charge in [-0.1, -0.05) is 127 Å². The minimum absolute atomic E-state index is 0.880. The lowest BCUT2D eigenvalue weighted by Gasteiger charge is -2.28. The Morgan fingerprint density at radius 2 is 0.891 bits per heavy atom. The van der Waals surface area contributed by atoms with E-state index in [1.54, 1.807) is 0 Å². The molecule has 0 aliphatic heterocycles. The van der Waals surface area contributed by atoms with Crippen LogP contribution in [-0.2, 0) is 0 Å². The average molecular weight is 704 g/mol. The number of hydrogen-bond acceptors (Lipinski definition) is 3. The van der Waals surface area contributed by atoms with Gasteiger partial charge in [0.05, 0.1) is 5.69 Å². The van der Waals surface area contributed by atoms with Crippen LogP contribution in [0, 0.1) is 0 Å². The van der Waals surface area contributed by atoms with E-state index in [-0.39, 0.29) is 0 Å². The quantitative estimate of drug-likeness (QED) is 0.173. The summed E-state index contributed by atoms with van der Waals surface area (Å²) in [7, 11) is 0. The first-order valence-electron chi connectivity index (χ1n) is 18.7. The first-order valence-corrected chi connectivity index (χ1v) is 18.7. The molecule has 0 saturated heterocycles. The fourth-order valence-corrected chi connectivity index (χ4v) is 8.14. The summed E-state index contributed by atoms with van der Waals surface area (Å²) in [5, 5.41) is 6.97. The van der Waals surface area contributed by atoms with Crippen molar-refractivity contribution in [2.75, 3.05) is 4.90 Å². The van der Waals surface area contributed by atoms with Crippen molar-refractivity contribution < 1.29 is 8.83 Å². The van der Waals surface area contributed by atoms with Crippen molar-refractivity contribution in [3.8, 4) is 33.4 Å². The van der Waals surface area contributed by atoms with Gasteiger partial charge in [-0.25, -0.2) is 0 Å². The van der Waals surface area contributed by atoms with E-state index in [9.17, 15) is 0 Å². The van der Waals surface area contributed by atoms with E-state index in [1.165, 1.54) is 16.3 Å². The van der Waals surface area contributed by atoms with E-state index in [0.717, 1.165) is 88.8 Å². The van der Waals surface area contributed by atoms with Crippen LogP contribution in [0.2, 0.25) is 0 Å². The van der Waals surface area contributed by atoms with Gasteiger partial charge in [0, 0.05) is 38.5 Å². The predicted octanol–water partition coefficient (Wildman–Crippen LogP) is 15.1. The first kappa shape index (κ1) is 31.2. The summed E-state index contributed by atoms with van der Waals surface area (Å²) in [6.07, 6.45) is 0. The van der Waals surface area contributed by atoms with Gasteiger partial charge >= 0.3 is 0 Å². The molecule has 0 atom stereocenters. The van der Waals surface area contributed by atoms with E-state index in [4.69, 9.17) is 8.83 Å². The monoisotopic (exact) mass is 703 g/mol. The van der Waals surface area contributed by atoms with Gasteiger partial charge in [-0.15, -0.1) is 0 Å². The van der Waals surface area contributed by atoms with E-state index in [1.807, 2.05) is 24.3 Å². The molecular formula is C52H33NO2. The molecule has 55 heavy (non-hydrogen) atoms. The number of hydrogen-bond donors (Lipinski definition) is 0. The topological polar surface area (TPSA) is 29.5 Å². The Bertz CT molecular complexity index is 3220. The molecule has 0 radical (unpaired) electrons. The summed E-state index contributed by atoms with van der Waals surface area (Å²) in [5.74, 6) is 0. The maximum absolute atomic E-state index is 6.36. The summed E-state index contributed by atoms with van der Waals surface area (Å²) >= 11 is 0. The van der Waals surface area contributed by atoms with Gasteiger partial charge in [-0.2, -0.15) is 0 Å². The second-order valence-corrected chi connectivity index (χ2v) is 14.1. The lowest BCUT2D eigenvalue weighted by Crippen LogP contribution is -2.11. The van der Waals surface area contributed by atoms with Crippen LogP contribution in [0.1, 0.15) is 0 Å². The third-order valence-corrected chi connectivity index (χ3v) is 10.9. The van der Waals surface area contributed by atoms with Crippen molar-refractivity contribution in [1.29, 1.82) is 0 Å². The second-order valence-electron chi connectivity index (χ2n) is 14.1. The maximum Gasteiger partial charge on any atom is 0.136 e. The molecule has 0 spiro atoms. The normalized spacial score (nSPS) is 11.6. The second kappa shape index (κ2) is 12.6. The van der Waals surface area contributed by atoms with Crippen molar-refractivity contribution in [1.82, 2.24) is 0 Å². The highest BCUT2D eigenvalue weighted by atomic mass is 16.3. The first-order chi connectivity index (χ1) is 27.2. The highest BCUT2D eigenvalue weighted by Crippen LogP contribution is 2.44. The molecule has 2 aromatic heterocycles. The zero-order valence-corrected chi connectivity index (χ0v) is 29.8. The molecular weight excluding hydrogens is 671 g/mol. The molecule has 0 aliphatic carbocycles. The molecule has 258 valence electrons. The summed E-state index contributed by atoms with van der Waals surface area (Å²) in [5.41, 5.74) is 13.6. The molecule has 11 rings (SSSR count). The van der Waals surface area contributed by atoms with Crippen LogP contribution >= 0.6 is 0 Å². The van der Waals surface area contributed by atoms with Gasteiger partial charge in [0.15, 0.2) is 0 Å². The van der Waals surface area contributed by atoms with Crippen LogP contribution in [0.25, 0.3) is 88.0 Å². The Morgan fingerprint density at radius 3 is 1.75 bits per heavy atom. The molecule has 0 amide bonds. The maximum atomic E-state index is 6.36. The molecule has 9 aromatic carbocycles. The molecule has 0 fully saturated rings. The highest BCUT2D eigenvalue weighted by molar-refractivity contribution is 6.07. The molecule has 0 bridgehead atoms. The van der Waals surface area contributed by atoms with Crippen molar-refractivity contribution in [2.45, 2.75) is 0 Å². The van der Waals surface area contributed by atoms with E-state index in [2.05, 4.69) is 181 Å². The van der Waals surface area contributed by atoms with Gasteiger partial charge in [-0.3, -0.25) is 0 Å². The predicted molar refractivity (Wildman–Crippen MR) is 229 cm³/mol. The van der Waals surface area contributed by atoms with Crippen molar-refractivity contribution in [3.05, 3.63) is 200 Å². The largest absolute Gasteiger partial charge is 0.456 e. The van der Waals surface area contributed by atoms with Crippen LogP contribution in [0.15, 0.2) is 209 Å². The Hall–Kier alpha value is -7.36. The van der Waals surface area contributed by atoms with E-state index < -0.39 is 0 Å². The fraction of sp³-hybridized carbons (Fsp3) is 0. The molecule has 3 heteroatoms. The van der Waals surface area contributed by atoms with Crippen molar-refractivity contribution in [3.63, 3.8) is 0 Å². The summed E-state index contributed by atoms with van der Waals surface area (Å²) in [6.45, 7) is 0.